The number of hydrogen-bond donors (Lipinski definition) is 0. The number of esters is 2. The molecule has 1 aromatic carbocycles. The van der Waals surface area contributed by atoms with Crippen LogP contribution in [0.5, 0.6) is 0 Å². The number of ketones is 1. The second-order valence-electron chi connectivity index (χ2n) is 10.4. The van der Waals surface area contributed by atoms with E-state index in [1.165, 1.54) is 14.0 Å². The molecule has 2 saturated heterocycles. The highest BCUT2D eigenvalue weighted by Gasteiger charge is 2.51. The van der Waals surface area contributed by atoms with Gasteiger partial charge in [0.15, 0.2) is 18.7 Å². The number of ether oxygens (including phenoxy) is 6. The Labute approximate surface area is 249 Å². The van der Waals surface area contributed by atoms with E-state index in [2.05, 4.69) is 10.0 Å². The van der Waals surface area contributed by atoms with Gasteiger partial charge in [-0.25, -0.2) is 4.79 Å². The number of carbonyl (C=O) groups is 3. The molecule has 43 heavy (non-hydrogen) atoms. The van der Waals surface area contributed by atoms with Crippen molar-refractivity contribution in [3.63, 3.8) is 0 Å². The monoisotopic (exact) mass is 605 g/mol. The summed E-state index contributed by atoms with van der Waals surface area (Å²) in [5.74, 6) is -2.11. The normalized spacial score (nSPS) is 31.7. The maximum atomic E-state index is 13.1. The molecule has 0 aliphatic carbocycles. The molecule has 2 fully saturated rings. The summed E-state index contributed by atoms with van der Waals surface area (Å²) in [5, 5.41) is 3.88. The van der Waals surface area contributed by atoms with E-state index in [0.717, 1.165) is 0 Å². The van der Waals surface area contributed by atoms with Crippen LogP contribution in [0.3, 0.4) is 0 Å². The van der Waals surface area contributed by atoms with Gasteiger partial charge in [0.2, 0.25) is 0 Å². The lowest BCUT2D eigenvalue weighted by Gasteiger charge is -2.48. The summed E-state index contributed by atoms with van der Waals surface area (Å²) in [7, 11) is 1.48. The zero-order chi connectivity index (χ0) is 32.1. The Hall–Kier alpha value is -3.64. The van der Waals surface area contributed by atoms with E-state index in [0.29, 0.717) is 12.0 Å². The van der Waals surface area contributed by atoms with E-state index in [-0.39, 0.29) is 30.7 Å². The van der Waals surface area contributed by atoms with Crippen LogP contribution >= 0.6 is 0 Å². The fourth-order valence-corrected chi connectivity index (χ4v) is 5.18. The van der Waals surface area contributed by atoms with Crippen molar-refractivity contribution in [3.05, 3.63) is 46.3 Å². The summed E-state index contributed by atoms with van der Waals surface area (Å²) in [4.78, 5) is 56.2. The molecule has 2 aliphatic heterocycles. The van der Waals surface area contributed by atoms with Crippen LogP contribution in [-0.4, -0.2) is 80.1 Å². The second-order valence-corrected chi connectivity index (χ2v) is 10.4. The maximum absolute atomic E-state index is 13.1. The maximum Gasteiger partial charge on any atom is 0.373 e. The molecule has 0 amide bonds. The van der Waals surface area contributed by atoms with Crippen molar-refractivity contribution in [2.24, 2.45) is 17.0 Å². The van der Waals surface area contributed by atoms with Crippen LogP contribution in [0.15, 0.2) is 35.4 Å². The molecule has 2 heterocycles. The van der Waals surface area contributed by atoms with Crippen molar-refractivity contribution in [2.75, 3.05) is 7.11 Å². The predicted octanol–water partition coefficient (Wildman–Crippen LogP) is 3.77. The van der Waals surface area contributed by atoms with E-state index >= 15 is 0 Å². The number of nitrogens with zero attached hydrogens (tertiary/aromatic N) is 3. The average molecular weight is 606 g/mol. The molecule has 0 saturated carbocycles. The van der Waals surface area contributed by atoms with Crippen molar-refractivity contribution in [1.82, 2.24) is 0 Å². The van der Waals surface area contributed by atoms with Crippen molar-refractivity contribution >= 4 is 23.9 Å². The predicted molar refractivity (Wildman–Crippen MR) is 147 cm³/mol. The first kappa shape index (κ1) is 35.6. The number of methoxy groups -OCH3 is 1. The molecule has 10 atom stereocenters. The second kappa shape index (κ2) is 17.5. The van der Waals surface area contributed by atoms with Gasteiger partial charge >= 0.3 is 18.1 Å². The van der Waals surface area contributed by atoms with Gasteiger partial charge in [-0.3, -0.25) is 4.79 Å². The molecular formula is C29H39N3O11. The van der Waals surface area contributed by atoms with Crippen molar-refractivity contribution < 1.29 is 52.4 Å². The summed E-state index contributed by atoms with van der Waals surface area (Å²) in [6.07, 6.45) is -4.31. The number of azide groups is 1. The molecule has 1 aromatic rings. The molecule has 0 bridgehead atoms. The standard InChI is InChI=1S/C28H39N3O9.CO2/c1-7-20-24(16(3)22(30-31-29)27(35-6)37-20)40-28-25(39-26(34)19-11-9-8-10-12-19)17(4)23(18(5)36-28)38-21(33)14-13-15(2)32;2-1-3/h8-12,16-18,20,22-25,27-28H,7,13-14H2,1-6H3;/t16-,17+,18?,20?,22?,23+,24+,25?,27+,28-;/m1./s1. The molecule has 3 rings (SSSR count). The zero-order valence-electron chi connectivity index (χ0n) is 25.1. The largest absolute Gasteiger partial charge is 0.459 e. The van der Waals surface area contributed by atoms with Crippen molar-refractivity contribution in [2.45, 2.75) is 103 Å². The highest BCUT2D eigenvalue weighted by atomic mass is 16.7. The Morgan fingerprint density at radius 3 is 2.16 bits per heavy atom. The molecule has 4 unspecified atom stereocenters. The number of carbonyl (C=O) groups excluding carboxylic acids is 5. The highest BCUT2D eigenvalue weighted by Crippen LogP contribution is 2.37. The molecular weight excluding hydrogens is 566 g/mol. The molecule has 14 heteroatoms. The lowest BCUT2D eigenvalue weighted by atomic mass is 9.87. The van der Waals surface area contributed by atoms with Crippen LogP contribution < -0.4 is 0 Å². The minimum absolute atomic E-state index is 0.0593. The third kappa shape index (κ3) is 9.69. The molecule has 0 spiro atoms. The van der Waals surface area contributed by atoms with Gasteiger partial charge in [0.05, 0.1) is 36.3 Å². The summed E-state index contributed by atoms with van der Waals surface area (Å²) in [6, 6.07) is 7.84. The van der Waals surface area contributed by atoms with Crippen LogP contribution in [0.2, 0.25) is 0 Å². The van der Waals surface area contributed by atoms with E-state index in [1.54, 1.807) is 44.2 Å². The van der Waals surface area contributed by atoms with Crippen LogP contribution in [0.4, 0.5) is 0 Å². The third-order valence-electron chi connectivity index (χ3n) is 7.44. The van der Waals surface area contributed by atoms with Gasteiger partial charge in [0.1, 0.15) is 11.9 Å². The summed E-state index contributed by atoms with van der Waals surface area (Å²) in [5.41, 5.74) is 9.47. The topological polar surface area (TPSA) is 189 Å². The van der Waals surface area contributed by atoms with E-state index < -0.39 is 67.0 Å². The van der Waals surface area contributed by atoms with Gasteiger partial charge in [0.25, 0.3) is 0 Å². The molecule has 236 valence electrons. The number of Topliss-reactive ketones (excluding diaryl/α,β-unsaturated/α-hetero) is 1. The highest BCUT2D eigenvalue weighted by molar-refractivity contribution is 5.89. The zero-order valence-corrected chi connectivity index (χ0v) is 25.1. The Bertz CT molecular complexity index is 1150. The molecule has 0 N–H and O–H groups in total. The number of hydrogen-bond acceptors (Lipinski definition) is 12. The molecule has 0 radical (unpaired) electrons. The Balaban J connectivity index is 0.00000206. The van der Waals surface area contributed by atoms with Crippen molar-refractivity contribution in [1.29, 1.82) is 0 Å². The van der Waals surface area contributed by atoms with Crippen LogP contribution in [-0.2, 0) is 47.6 Å². The number of rotatable bonds is 11. The molecule has 14 nitrogen and oxygen atoms in total. The first-order chi connectivity index (χ1) is 20.5. The third-order valence-corrected chi connectivity index (χ3v) is 7.44. The summed E-state index contributed by atoms with van der Waals surface area (Å²) < 4.78 is 35.8. The average Bonchev–Trinajstić information content (AvgIpc) is 2.99. The number of benzene rings is 1. The smallest absolute Gasteiger partial charge is 0.373 e. The Morgan fingerprint density at radius 2 is 1.60 bits per heavy atom. The summed E-state index contributed by atoms with van der Waals surface area (Å²) in [6.45, 7) is 8.76. The minimum Gasteiger partial charge on any atom is -0.459 e. The first-order valence-electron chi connectivity index (χ1n) is 14.0. The van der Waals surface area contributed by atoms with E-state index in [1.807, 2.05) is 13.8 Å². The Morgan fingerprint density at radius 1 is 0.953 bits per heavy atom. The van der Waals surface area contributed by atoms with E-state index in [4.69, 9.17) is 43.5 Å². The van der Waals surface area contributed by atoms with Crippen molar-refractivity contribution in [3.8, 4) is 0 Å². The Kier molecular flexibility index (Phi) is 14.4. The lowest BCUT2D eigenvalue weighted by Crippen LogP contribution is -2.60. The molecule has 0 aromatic heterocycles. The van der Waals surface area contributed by atoms with Crippen LogP contribution in [0.25, 0.3) is 10.4 Å². The van der Waals surface area contributed by atoms with Gasteiger partial charge in [-0.2, -0.15) is 9.59 Å². The quantitative estimate of drug-likeness (QED) is 0.154. The first-order valence-corrected chi connectivity index (χ1v) is 14.0. The lowest BCUT2D eigenvalue weighted by molar-refractivity contribution is -0.327. The SMILES string of the molecule is CCC1O[C@H](OC)C(N=[N+]=[N-])[C@@H](C)[C@@H]1O[C@H]1OC(C)[C@@H](OC(=O)CCC(C)=O)[C@H](C)C1OC(=O)c1ccccc1.O=C=O. The van der Waals surface area contributed by atoms with E-state index in [9.17, 15) is 14.4 Å². The van der Waals surface area contributed by atoms with Gasteiger partial charge in [-0.1, -0.05) is 44.1 Å². The van der Waals surface area contributed by atoms with Gasteiger partial charge < -0.3 is 33.2 Å². The minimum atomic E-state index is -1.04. The summed E-state index contributed by atoms with van der Waals surface area (Å²) >= 11 is 0. The van der Waals surface area contributed by atoms with Gasteiger partial charge in [-0.15, -0.1) is 0 Å². The van der Waals surface area contributed by atoms with Crippen LogP contribution in [0.1, 0.15) is 64.2 Å². The fraction of sp³-hybridized carbons (Fsp3) is 0.655. The van der Waals surface area contributed by atoms with Crippen LogP contribution in [0, 0.1) is 11.8 Å². The van der Waals surface area contributed by atoms with Gasteiger partial charge in [-0.05, 0) is 43.9 Å². The van der Waals surface area contributed by atoms with Gasteiger partial charge in [0, 0.05) is 24.4 Å². The molecule has 2 aliphatic rings. The fourth-order valence-electron chi connectivity index (χ4n) is 5.18.